The van der Waals surface area contributed by atoms with E-state index in [1.54, 1.807) is 6.07 Å². The van der Waals surface area contributed by atoms with Crippen LogP contribution in [-0.2, 0) is 6.54 Å². The molecule has 0 spiro atoms. The van der Waals surface area contributed by atoms with Crippen LogP contribution in [0.3, 0.4) is 0 Å². The standard InChI is InChI=1S/C13H18N2O4/c1-8-3-2-4-10(8)15-13(18)14-7-9-5-6-11(19-9)12(16)17/h5-6,8,10H,2-4,7H2,1H3,(H,16,17)(H2,14,15,18). The monoisotopic (exact) mass is 266 g/mol. The van der Waals surface area contributed by atoms with Gasteiger partial charge >= 0.3 is 12.0 Å². The van der Waals surface area contributed by atoms with Crippen molar-refractivity contribution < 1.29 is 19.1 Å². The fourth-order valence-corrected chi connectivity index (χ4v) is 2.33. The average Bonchev–Trinajstić information content (AvgIpc) is 2.97. The Kier molecular flexibility index (Phi) is 4.09. The highest BCUT2D eigenvalue weighted by atomic mass is 16.4. The van der Waals surface area contributed by atoms with Crippen LogP contribution in [0.5, 0.6) is 0 Å². The maximum atomic E-state index is 11.7. The zero-order chi connectivity index (χ0) is 13.8. The lowest BCUT2D eigenvalue weighted by molar-refractivity contribution is 0.0660. The van der Waals surface area contributed by atoms with Gasteiger partial charge in [-0.3, -0.25) is 0 Å². The van der Waals surface area contributed by atoms with E-state index in [1.165, 1.54) is 6.07 Å². The zero-order valence-corrected chi connectivity index (χ0v) is 10.8. The summed E-state index contributed by atoms with van der Waals surface area (Å²) in [5.41, 5.74) is 0. The largest absolute Gasteiger partial charge is 0.475 e. The molecule has 1 saturated carbocycles. The maximum absolute atomic E-state index is 11.7. The zero-order valence-electron chi connectivity index (χ0n) is 10.8. The predicted octanol–water partition coefficient (Wildman–Crippen LogP) is 1.97. The minimum absolute atomic E-state index is 0.123. The Bertz CT molecular complexity index is 469. The molecule has 2 atom stereocenters. The summed E-state index contributed by atoms with van der Waals surface area (Å²) in [5, 5.41) is 14.3. The maximum Gasteiger partial charge on any atom is 0.371 e. The summed E-state index contributed by atoms with van der Waals surface area (Å²) in [4.78, 5) is 22.3. The molecule has 1 fully saturated rings. The Labute approximate surface area is 111 Å². The number of hydrogen-bond acceptors (Lipinski definition) is 3. The molecule has 2 unspecified atom stereocenters. The van der Waals surface area contributed by atoms with E-state index in [1.807, 2.05) is 0 Å². The topological polar surface area (TPSA) is 91.6 Å². The van der Waals surface area contributed by atoms with Gasteiger partial charge in [0.25, 0.3) is 0 Å². The Morgan fingerprint density at radius 1 is 1.42 bits per heavy atom. The van der Waals surface area contributed by atoms with Gasteiger partial charge in [-0.1, -0.05) is 13.3 Å². The number of aromatic carboxylic acids is 1. The molecule has 2 amide bonds. The summed E-state index contributed by atoms with van der Waals surface area (Å²) < 4.78 is 5.04. The third kappa shape index (κ3) is 3.49. The molecule has 104 valence electrons. The van der Waals surface area contributed by atoms with E-state index in [0.717, 1.165) is 19.3 Å². The van der Waals surface area contributed by atoms with Gasteiger partial charge in [0.2, 0.25) is 5.76 Å². The normalized spacial score (nSPS) is 22.2. The number of carbonyl (C=O) groups is 2. The molecular weight excluding hydrogens is 248 g/mol. The van der Waals surface area contributed by atoms with Crippen LogP contribution in [0.25, 0.3) is 0 Å². The fraction of sp³-hybridized carbons (Fsp3) is 0.538. The first-order valence-electron chi connectivity index (χ1n) is 6.42. The number of hydrogen-bond donors (Lipinski definition) is 3. The van der Waals surface area contributed by atoms with E-state index in [9.17, 15) is 9.59 Å². The quantitative estimate of drug-likeness (QED) is 0.777. The first-order chi connectivity index (χ1) is 9.06. The van der Waals surface area contributed by atoms with Crippen LogP contribution in [0.4, 0.5) is 4.79 Å². The van der Waals surface area contributed by atoms with Crippen molar-refractivity contribution in [3.8, 4) is 0 Å². The van der Waals surface area contributed by atoms with Crippen molar-refractivity contribution in [1.82, 2.24) is 10.6 Å². The van der Waals surface area contributed by atoms with Crippen LogP contribution < -0.4 is 10.6 Å². The van der Waals surface area contributed by atoms with Crippen LogP contribution in [0.2, 0.25) is 0 Å². The fourth-order valence-electron chi connectivity index (χ4n) is 2.33. The Balaban J connectivity index is 1.78. The molecule has 1 heterocycles. The number of carboxylic acids is 1. The first kappa shape index (κ1) is 13.5. The lowest BCUT2D eigenvalue weighted by atomic mass is 10.1. The molecule has 0 bridgehead atoms. The van der Waals surface area contributed by atoms with Gasteiger partial charge in [-0.05, 0) is 30.9 Å². The highest BCUT2D eigenvalue weighted by molar-refractivity contribution is 5.84. The van der Waals surface area contributed by atoms with Crippen molar-refractivity contribution in [1.29, 1.82) is 0 Å². The van der Waals surface area contributed by atoms with E-state index in [4.69, 9.17) is 9.52 Å². The Morgan fingerprint density at radius 3 is 2.79 bits per heavy atom. The summed E-state index contributed by atoms with van der Waals surface area (Å²) in [6, 6.07) is 2.90. The summed E-state index contributed by atoms with van der Waals surface area (Å²) in [6.45, 7) is 2.31. The molecule has 1 aliphatic rings. The minimum Gasteiger partial charge on any atom is -0.475 e. The number of carbonyl (C=O) groups excluding carboxylic acids is 1. The van der Waals surface area contributed by atoms with Crippen molar-refractivity contribution in [2.24, 2.45) is 5.92 Å². The predicted molar refractivity (Wildman–Crippen MR) is 67.8 cm³/mol. The van der Waals surface area contributed by atoms with Crippen LogP contribution >= 0.6 is 0 Å². The lowest BCUT2D eigenvalue weighted by Gasteiger charge is -2.17. The molecule has 6 nitrogen and oxygen atoms in total. The van der Waals surface area contributed by atoms with E-state index in [2.05, 4.69) is 17.6 Å². The number of rotatable bonds is 4. The van der Waals surface area contributed by atoms with Gasteiger partial charge in [0, 0.05) is 6.04 Å². The first-order valence-corrected chi connectivity index (χ1v) is 6.42. The van der Waals surface area contributed by atoms with Crippen LogP contribution in [0.15, 0.2) is 16.5 Å². The van der Waals surface area contributed by atoms with E-state index < -0.39 is 5.97 Å². The van der Waals surface area contributed by atoms with Crippen molar-refractivity contribution in [3.05, 3.63) is 23.7 Å². The molecular formula is C13H18N2O4. The van der Waals surface area contributed by atoms with Gasteiger partial charge in [0.1, 0.15) is 5.76 Å². The minimum atomic E-state index is -1.12. The number of urea groups is 1. The van der Waals surface area contributed by atoms with Crippen molar-refractivity contribution in [2.45, 2.75) is 38.8 Å². The van der Waals surface area contributed by atoms with Crippen LogP contribution in [0.1, 0.15) is 42.5 Å². The molecule has 6 heteroatoms. The van der Waals surface area contributed by atoms with Gasteiger partial charge in [-0.2, -0.15) is 0 Å². The number of carboxylic acid groups (broad SMARTS) is 1. The third-order valence-corrected chi connectivity index (χ3v) is 3.47. The average molecular weight is 266 g/mol. The van der Waals surface area contributed by atoms with Gasteiger partial charge in [-0.15, -0.1) is 0 Å². The molecule has 19 heavy (non-hydrogen) atoms. The van der Waals surface area contributed by atoms with E-state index >= 15 is 0 Å². The summed E-state index contributed by atoms with van der Waals surface area (Å²) in [5.74, 6) is -0.308. The van der Waals surface area contributed by atoms with E-state index in [-0.39, 0.29) is 24.4 Å². The Hall–Kier alpha value is -1.98. The van der Waals surface area contributed by atoms with Gasteiger partial charge < -0.3 is 20.2 Å². The highest BCUT2D eigenvalue weighted by Crippen LogP contribution is 2.24. The Morgan fingerprint density at radius 2 is 2.21 bits per heavy atom. The number of nitrogens with one attached hydrogen (secondary N) is 2. The molecule has 3 N–H and O–H groups in total. The number of furan rings is 1. The van der Waals surface area contributed by atoms with Gasteiger partial charge in [0.15, 0.2) is 0 Å². The smallest absolute Gasteiger partial charge is 0.371 e. The lowest BCUT2D eigenvalue weighted by Crippen LogP contribution is -2.42. The molecule has 0 aliphatic heterocycles. The van der Waals surface area contributed by atoms with Crippen LogP contribution in [-0.4, -0.2) is 23.1 Å². The second kappa shape index (κ2) is 5.77. The van der Waals surface area contributed by atoms with Crippen molar-refractivity contribution >= 4 is 12.0 Å². The SMILES string of the molecule is CC1CCCC1NC(=O)NCc1ccc(C(=O)O)o1. The molecule has 0 aromatic carbocycles. The summed E-state index contributed by atoms with van der Waals surface area (Å²) in [7, 11) is 0. The second-order valence-electron chi connectivity index (χ2n) is 4.91. The molecule has 2 rings (SSSR count). The molecule has 1 aromatic rings. The second-order valence-corrected chi connectivity index (χ2v) is 4.91. The molecule has 1 aromatic heterocycles. The summed E-state index contributed by atoms with van der Waals surface area (Å²) in [6.07, 6.45) is 3.30. The summed E-state index contributed by atoms with van der Waals surface area (Å²) >= 11 is 0. The van der Waals surface area contributed by atoms with Gasteiger partial charge in [0.05, 0.1) is 6.54 Å². The molecule has 0 radical (unpaired) electrons. The van der Waals surface area contributed by atoms with Gasteiger partial charge in [-0.25, -0.2) is 9.59 Å². The van der Waals surface area contributed by atoms with Crippen LogP contribution in [0, 0.1) is 5.92 Å². The molecule has 0 saturated heterocycles. The number of amides is 2. The van der Waals surface area contributed by atoms with Crippen molar-refractivity contribution in [2.75, 3.05) is 0 Å². The molecule has 1 aliphatic carbocycles. The highest BCUT2D eigenvalue weighted by Gasteiger charge is 2.24. The van der Waals surface area contributed by atoms with Crippen molar-refractivity contribution in [3.63, 3.8) is 0 Å². The third-order valence-electron chi connectivity index (χ3n) is 3.47. The van der Waals surface area contributed by atoms with E-state index in [0.29, 0.717) is 11.7 Å².